The van der Waals surface area contributed by atoms with Crippen molar-refractivity contribution < 1.29 is 14.3 Å². The van der Waals surface area contributed by atoms with Crippen LogP contribution in [0.5, 0.6) is 11.5 Å². The highest BCUT2D eigenvalue weighted by molar-refractivity contribution is 6.04. The molecule has 0 N–H and O–H groups in total. The van der Waals surface area contributed by atoms with Gasteiger partial charge in [-0.3, -0.25) is 9.69 Å². The van der Waals surface area contributed by atoms with Crippen LogP contribution in [0.15, 0.2) is 54.6 Å². The van der Waals surface area contributed by atoms with E-state index in [0.717, 1.165) is 55.1 Å². The smallest absolute Gasteiger partial charge is 0.248 e. The molecule has 0 aromatic heterocycles. The molecule has 3 atom stereocenters. The molecule has 156 valence electrons. The standard InChI is InChI=1S/C25H28N2O3/c1-29-22-10-5-3-8-18(22)12-13-20-16-19-17-26(21-9-4-6-11-23(21)30-2)24(28)25(19)14-7-15-27(20)25/h3-6,8-13,19-20H,7,14-17H2,1-2H3/b13-12+/t19-,20+,25-/m0/s1. The molecule has 3 saturated heterocycles. The van der Waals surface area contributed by atoms with Gasteiger partial charge in [-0.05, 0) is 44.0 Å². The molecule has 1 spiro atoms. The lowest BCUT2D eigenvalue weighted by atomic mass is 9.85. The predicted octanol–water partition coefficient (Wildman–Crippen LogP) is 3.99. The summed E-state index contributed by atoms with van der Waals surface area (Å²) in [5.74, 6) is 2.22. The molecule has 0 aliphatic carbocycles. The van der Waals surface area contributed by atoms with Crippen LogP contribution in [0, 0.1) is 5.92 Å². The zero-order chi connectivity index (χ0) is 20.7. The second-order valence-electron chi connectivity index (χ2n) is 8.41. The van der Waals surface area contributed by atoms with Crippen molar-refractivity contribution in [2.24, 2.45) is 5.92 Å². The van der Waals surface area contributed by atoms with Gasteiger partial charge in [-0.2, -0.15) is 0 Å². The normalized spacial score (nSPS) is 28.2. The van der Waals surface area contributed by atoms with E-state index in [0.29, 0.717) is 5.92 Å². The average molecular weight is 405 g/mol. The molecule has 3 aliphatic heterocycles. The SMILES string of the molecule is COc1ccccc1/C=C/[C@@H]1C[C@H]2CN(c3ccccc3OC)C(=O)[C@]23CCCN13. The number of carbonyl (C=O) groups excluding carboxylic acids is 1. The van der Waals surface area contributed by atoms with Crippen molar-refractivity contribution in [2.45, 2.75) is 30.8 Å². The quantitative estimate of drug-likeness (QED) is 0.756. The van der Waals surface area contributed by atoms with E-state index in [1.54, 1.807) is 14.2 Å². The number of carbonyl (C=O) groups is 1. The molecule has 0 radical (unpaired) electrons. The molecule has 0 bridgehead atoms. The first-order valence-electron chi connectivity index (χ1n) is 10.7. The van der Waals surface area contributed by atoms with Crippen molar-refractivity contribution in [2.75, 3.05) is 32.2 Å². The number of anilines is 1. The number of nitrogens with zero attached hydrogens (tertiary/aromatic N) is 2. The van der Waals surface area contributed by atoms with Crippen LogP contribution in [0.1, 0.15) is 24.8 Å². The van der Waals surface area contributed by atoms with E-state index in [1.165, 1.54) is 0 Å². The van der Waals surface area contributed by atoms with E-state index >= 15 is 0 Å². The van der Waals surface area contributed by atoms with Crippen LogP contribution in [0.2, 0.25) is 0 Å². The van der Waals surface area contributed by atoms with Crippen LogP contribution in [0.3, 0.4) is 0 Å². The van der Waals surface area contributed by atoms with Gasteiger partial charge in [0.2, 0.25) is 5.91 Å². The van der Waals surface area contributed by atoms with Crippen LogP contribution >= 0.6 is 0 Å². The third-order valence-electron chi connectivity index (χ3n) is 7.10. The summed E-state index contributed by atoms with van der Waals surface area (Å²) < 4.78 is 11.0. The van der Waals surface area contributed by atoms with Gasteiger partial charge in [0.25, 0.3) is 0 Å². The summed E-state index contributed by atoms with van der Waals surface area (Å²) in [6.07, 6.45) is 7.44. The van der Waals surface area contributed by atoms with E-state index in [2.05, 4.69) is 23.1 Å². The maximum absolute atomic E-state index is 13.8. The zero-order valence-electron chi connectivity index (χ0n) is 17.6. The number of amides is 1. The van der Waals surface area contributed by atoms with Crippen LogP contribution in [0.4, 0.5) is 5.69 Å². The highest BCUT2D eigenvalue weighted by atomic mass is 16.5. The highest BCUT2D eigenvalue weighted by Gasteiger charge is 2.64. The Kier molecular flexibility index (Phi) is 4.78. The van der Waals surface area contributed by atoms with E-state index in [1.807, 2.05) is 47.4 Å². The van der Waals surface area contributed by atoms with Crippen molar-refractivity contribution in [3.8, 4) is 11.5 Å². The summed E-state index contributed by atoms with van der Waals surface area (Å²) in [6, 6.07) is 16.2. The van der Waals surface area contributed by atoms with Gasteiger partial charge in [-0.25, -0.2) is 0 Å². The number of hydrogen-bond acceptors (Lipinski definition) is 4. The number of para-hydroxylation sites is 3. The van der Waals surface area contributed by atoms with Gasteiger partial charge in [0.15, 0.2) is 0 Å². The summed E-state index contributed by atoms with van der Waals surface area (Å²) in [5.41, 5.74) is 1.60. The van der Waals surface area contributed by atoms with E-state index < -0.39 is 0 Å². The predicted molar refractivity (Wildman–Crippen MR) is 118 cm³/mol. The number of hydrogen-bond donors (Lipinski definition) is 0. The maximum atomic E-state index is 13.8. The van der Waals surface area contributed by atoms with Gasteiger partial charge in [-0.15, -0.1) is 0 Å². The lowest BCUT2D eigenvalue weighted by Gasteiger charge is -2.32. The van der Waals surface area contributed by atoms with Crippen LogP contribution in [-0.2, 0) is 4.79 Å². The van der Waals surface area contributed by atoms with E-state index in [-0.39, 0.29) is 17.5 Å². The lowest BCUT2D eigenvalue weighted by Crippen LogP contribution is -2.51. The van der Waals surface area contributed by atoms with Crippen molar-refractivity contribution in [1.29, 1.82) is 0 Å². The largest absolute Gasteiger partial charge is 0.496 e. The molecule has 5 nitrogen and oxygen atoms in total. The molecular weight excluding hydrogens is 376 g/mol. The molecule has 1 amide bonds. The first kappa shape index (κ1) is 19.2. The molecule has 0 saturated carbocycles. The molecule has 2 aromatic rings. The third kappa shape index (κ3) is 2.76. The summed E-state index contributed by atoms with van der Waals surface area (Å²) >= 11 is 0. The van der Waals surface area contributed by atoms with E-state index in [4.69, 9.17) is 9.47 Å². The molecule has 0 unspecified atom stereocenters. The number of rotatable bonds is 5. The van der Waals surface area contributed by atoms with Crippen molar-refractivity contribution >= 4 is 17.7 Å². The monoisotopic (exact) mass is 404 g/mol. The summed E-state index contributed by atoms with van der Waals surface area (Å²) in [7, 11) is 3.37. The van der Waals surface area contributed by atoms with E-state index in [9.17, 15) is 4.79 Å². The van der Waals surface area contributed by atoms with Gasteiger partial charge in [0, 0.05) is 24.1 Å². The van der Waals surface area contributed by atoms with Gasteiger partial charge in [-0.1, -0.05) is 42.5 Å². The minimum Gasteiger partial charge on any atom is -0.496 e. The maximum Gasteiger partial charge on any atom is 0.248 e. The zero-order valence-corrected chi connectivity index (χ0v) is 17.6. The van der Waals surface area contributed by atoms with Crippen LogP contribution < -0.4 is 14.4 Å². The Balaban J connectivity index is 1.43. The van der Waals surface area contributed by atoms with Gasteiger partial charge in [0.05, 0.1) is 19.9 Å². The molecule has 5 rings (SSSR count). The van der Waals surface area contributed by atoms with Crippen molar-refractivity contribution in [3.63, 3.8) is 0 Å². The van der Waals surface area contributed by atoms with Crippen molar-refractivity contribution in [3.05, 3.63) is 60.2 Å². The molecule has 2 aromatic carbocycles. The molecule has 30 heavy (non-hydrogen) atoms. The van der Waals surface area contributed by atoms with Gasteiger partial charge in [0.1, 0.15) is 17.0 Å². The molecule has 3 heterocycles. The number of benzene rings is 2. The Labute approximate surface area is 177 Å². The minimum absolute atomic E-state index is 0.239. The topological polar surface area (TPSA) is 42.0 Å². The fraction of sp³-hybridized carbons (Fsp3) is 0.400. The number of ether oxygens (including phenoxy) is 2. The molecule has 5 heteroatoms. The minimum atomic E-state index is -0.364. The lowest BCUT2D eigenvalue weighted by molar-refractivity contribution is -0.126. The Bertz CT molecular complexity index is 988. The second kappa shape index (κ2) is 7.47. The Morgan fingerprint density at radius 1 is 1.03 bits per heavy atom. The fourth-order valence-electron chi connectivity index (χ4n) is 5.80. The summed E-state index contributed by atoms with van der Waals surface area (Å²) in [4.78, 5) is 18.2. The van der Waals surface area contributed by atoms with Crippen LogP contribution in [-0.4, -0.2) is 49.7 Å². The first-order chi connectivity index (χ1) is 14.7. The fourth-order valence-corrected chi connectivity index (χ4v) is 5.80. The summed E-state index contributed by atoms with van der Waals surface area (Å²) in [5, 5.41) is 0. The average Bonchev–Trinajstić information content (AvgIpc) is 3.42. The van der Waals surface area contributed by atoms with Crippen LogP contribution in [0.25, 0.3) is 6.08 Å². The first-order valence-corrected chi connectivity index (χ1v) is 10.7. The van der Waals surface area contributed by atoms with Gasteiger partial charge < -0.3 is 14.4 Å². The Morgan fingerprint density at radius 2 is 1.77 bits per heavy atom. The highest BCUT2D eigenvalue weighted by Crippen LogP contribution is 2.53. The third-order valence-corrected chi connectivity index (χ3v) is 7.10. The van der Waals surface area contributed by atoms with Gasteiger partial charge >= 0.3 is 0 Å². The second-order valence-corrected chi connectivity index (χ2v) is 8.41. The number of methoxy groups -OCH3 is 2. The Hall–Kier alpha value is -2.79. The molecule has 3 aliphatic rings. The summed E-state index contributed by atoms with van der Waals surface area (Å²) in [6.45, 7) is 1.73. The molecular formula is C25H28N2O3. The molecule has 3 fully saturated rings. The van der Waals surface area contributed by atoms with Crippen molar-refractivity contribution in [1.82, 2.24) is 4.90 Å². The Morgan fingerprint density at radius 3 is 2.57 bits per heavy atom.